The standard InChI is InChI=1S/C17H21NO6S/c1-11(2)14-5-4-13(10-12(14)3)22-8-9-23-17(19)15-6-7-16(24-15)25(18,20)21/h4-7,10-11H,8-9H2,1-3H3,(H2,18,20,21). The molecule has 2 aromatic rings. The van der Waals surface area contributed by atoms with Gasteiger partial charge in [-0.25, -0.2) is 18.4 Å². The molecule has 0 saturated carbocycles. The number of aryl methyl sites for hydroxylation is 1. The zero-order valence-electron chi connectivity index (χ0n) is 14.3. The topological polar surface area (TPSA) is 109 Å². The molecular weight excluding hydrogens is 346 g/mol. The van der Waals surface area contributed by atoms with Crippen molar-refractivity contribution in [2.45, 2.75) is 31.8 Å². The number of primary sulfonamides is 1. The van der Waals surface area contributed by atoms with Gasteiger partial charge in [-0.15, -0.1) is 0 Å². The van der Waals surface area contributed by atoms with Gasteiger partial charge in [0, 0.05) is 0 Å². The molecule has 0 aliphatic heterocycles. The summed E-state index contributed by atoms with van der Waals surface area (Å²) in [7, 11) is -3.99. The second-order valence-electron chi connectivity index (χ2n) is 5.82. The minimum atomic E-state index is -3.99. The molecule has 2 rings (SSSR count). The van der Waals surface area contributed by atoms with E-state index < -0.39 is 21.1 Å². The average Bonchev–Trinajstić information content (AvgIpc) is 3.01. The highest BCUT2D eigenvalue weighted by Gasteiger charge is 2.18. The molecule has 0 unspecified atom stereocenters. The first-order valence-corrected chi connectivity index (χ1v) is 9.26. The van der Waals surface area contributed by atoms with Crippen LogP contribution in [0.4, 0.5) is 0 Å². The van der Waals surface area contributed by atoms with Crippen LogP contribution >= 0.6 is 0 Å². The Morgan fingerprint density at radius 3 is 2.48 bits per heavy atom. The molecule has 0 aliphatic carbocycles. The minimum Gasteiger partial charge on any atom is -0.490 e. The van der Waals surface area contributed by atoms with Crippen molar-refractivity contribution in [1.82, 2.24) is 0 Å². The Labute approximate surface area is 146 Å². The lowest BCUT2D eigenvalue weighted by atomic mass is 9.98. The predicted octanol–water partition coefficient (Wildman–Crippen LogP) is 2.59. The van der Waals surface area contributed by atoms with Gasteiger partial charge in [0.05, 0.1) is 0 Å². The lowest BCUT2D eigenvalue weighted by Gasteiger charge is -2.12. The molecule has 0 fully saturated rings. The Morgan fingerprint density at radius 1 is 1.20 bits per heavy atom. The number of ether oxygens (including phenoxy) is 2. The number of carbonyl (C=O) groups is 1. The first-order chi connectivity index (χ1) is 11.7. The number of esters is 1. The third-order valence-corrected chi connectivity index (χ3v) is 4.29. The van der Waals surface area contributed by atoms with Crippen LogP contribution in [0.3, 0.4) is 0 Å². The molecule has 25 heavy (non-hydrogen) atoms. The molecule has 0 atom stereocenters. The van der Waals surface area contributed by atoms with Crippen molar-refractivity contribution >= 4 is 16.0 Å². The third-order valence-electron chi connectivity index (χ3n) is 3.51. The van der Waals surface area contributed by atoms with Crippen molar-refractivity contribution in [2.24, 2.45) is 5.14 Å². The van der Waals surface area contributed by atoms with Gasteiger partial charge in [0.25, 0.3) is 10.0 Å². The fourth-order valence-electron chi connectivity index (χ4n) is 2.33. The van der Waals surface area contributed by atoms with Gasteiger partial charge in [0.2, 0.25) is 10.9 Å². The number of nitrogens with two attached hydrogens (primary N) is 1. The van der Waals surface area contributed by atoms with Crippen molar-refractivity contribution in [3.63, 3.8) is 0 Å². The van der Waals surface area contributed by atoms with E-state index in [0.29, 0.717) is 11.7 Å². The van der Waals surface area contributed by atoms with Crippen molar-refractivity contribution < 1.29 is 27.1 Å². The fourth-order valence-corrected chi connectivity index (χ4v) is 2.80. The van der Waals surface area contributed by atoms with Crippen LogP contribution in [0.1, 0.15) is 41.4 Å². The summed E-state index contributed by atoms with van der Waals surface area (Å²) in [6, 6.07) is 8.11. The molecule has 0 spiro atoms. The Bertz CT molecular complexity index is 854. The number of benzene rings is 1. The summed E-state index contributed by atoms with van der Waals surface area (Å²) in [5, 5.41) is 4.41. The Balaban J connectivity index is 1.84. The zero-order valence-corrected chi connectivity index (χ0v) is 15.1. The predicted molar refractivity (Wildman–Crippen MR) is 91.1 cm³/mol. The number of furan rings is 1. The summed E-state index contributed by atoms with van der Waals surface area (Å²) in [5.74, 6) is 0.101. The van der Waals surface area contributed by atoms with Gasteiger partial charge in [-0.05, 0) is 48.2 Å². The molecule has 136 valence electrons. The number of hydrogen-bond donors (Lipinski definition) is 1. The van der Waals surface area contributed by atoms with Gasteiger partial charge in [-0.2, -0.15) is 0 Å². The molecule has 1 heterocycles. The lowest BCUT2D eigenvalue weighted by Crippen LogP contribution is -2.13. The molecular formula is C17H21NO6S. The molecule has 0 radical (unpaired) electrons. The van der Waals surface area contributed by atoms with Crippen LogP contribution in [0.5, 0.6) is 5.75 Å². The van der Waals surface area contributed by atoms with Gasteiger partial charge < -0.3 is 13.9 Å². The molecule has 1 aromatic carbocycles. The Hall–Kier alpha value is -2.32. The molecule has 0 bridgehead atoms. The quantitative estimate of drug-likeness (QED) is 0.595. The molecule has 8 heteroatoms. The van der Waals surface area contributed by atoms with Crippen molar-refractivity contribution in [3.8, 4) is 5.75 Å². The SMILES string of the molecule is Cc1cc(OCCOC(=O)c2ccc(S(N)(=O)=O)o2)ccc1C(C)C. The van der Waals surface area contributed by atoms with E-state index in [2.05, 4.69) is 13.8 Å². The summed E-state index contributed by atoms with van der Waals surface area (Å²) in [6.07, 6.45) is 0. The first-order valence-electron chi connectivity index (χ1n) is 7.71. The van der Waals surface area contributed by atoms with E-state index in [4.69, 9.17) is 19.0 Å². The van der Waals surface area contributed by atoms with Crippen LogP contribution in [0.2, 0.25) is 0 Å². The molecule has 0 saturated heterocycles. The Kier molecular flexibility index (Phi) is 5.86. The largest absolute Gasteiger partial charge is 0.490 e. The summed E-state index contributed by atoms with van der Waals surface area (Å²) < 4.78 is 37.5. The second-order valence-corrected chi connectivity index (χ2v) is 7.31. The number of hydrogen-bond acceptors (Lipinski definition) is 6. The van der Waals surface area contributed by atoms with E-state index in [0.717, 1.165) is 11.6 Å². The van der Waals surface area contributed by atoms with Crippen LogP contribution in [0.25, 0.3) is 0 Å². The van der Waals surface area contributed by atoms with Crippen LogP contribution in [-0.2, 0) is 14.8 Å². The van der Waals surface area contributed by atoms with E-state index in [9.17, 15) is 13.2 Å². The highest BCUT2D eigenvalue weighted by molar-refractivity contribution is 7.89. The van der Waals surface area contributed by atoms with E-state index in [1.807, 2.05) is 25.1 Å². The van der Waals surface area contributed by atoms with Crippen LogP contribution < -0.4 is 9.88 Å². The number of sulfonamides is 1. The van der Waals surface area contributed by atoms with Crippen LogP contribution in [0, 0.1) is 6.92 Å². The van der Waals surface area contributed by atoms with E-state index in [1.54, 1.807) is 0 Å². The van der Waals surface area contributed by atoms with Crippen LogP contribution in [0.15, 0.2) is 39.8 Å². The monoisotopic (exact) mass is 367 g/mol. The first kappa shape index (κ1) is 19.0. The van der Waals surface area contributed by atoms with Crippen molar-refractivity contribution in [1.29, 1.82) is 0 Å². The minimum absolute atomic E-state index is 0.00474. The number of carbonyl (C=O) groups excluding carboxylic acids is 1. The van der Waals surface area contributed by atoms with E-state index >= 15 is 0 Å². The molecule has 2 N–H and O–H groups in total. The molecule has 0 amide bonds. The Morgan fingerprint density at radius 2 is 1.92 bits per heavy atom. The average molecular weight is 367 g/mol. The summed E-state index contributed by atoms with van der Waals surface area (Å²) >= 11 is 0. The highest BCUT2D eigenvalue weighted by Crippen LogP contribution is 2.23. The third kappa shape index (κ3) is 5.07. The van der Waals surface area contributed by atoms with Crippen molar-refractivity contribution in [3.05, 3.63) is 47.2 Å². The van der Waals surface area contributed by atoms with E-state index in [1.165, 1.54) is 11.6 Å². The zero-order chi connectivity index (χ0) is 18.6. The number of rotatable bonds is 7. The highest BCUT2D eigenvalue weighted by atomic mass is 32.2. The van der Waals surface area contributed by atoms with E-state index in [-0.39, 0.29) is 19.0 Å². The maximum absolute atomic E-state index is 11.8. The normalized spacial score (nSPS) is 11.6. The summed E-state index contributed by atoms with van der Waals surface area (Å²) in [4.78, 5) is 11.8. The van der Waals surface area contributed by atoms with Gasteiger partial charge in [-0.3, -0.25) is 0 Å². The molecule has 0 aliphatic rings. The van der Waals surface area contributed by atoms with Gasteiger partial charge in [0.15, 0.2) is 0 Å². The smallest absolute Gasteiger partial charge is 0.374 e. The molecule has 7 nitrogen and oxygen atoms in total. The van der Waals surface area contributed by atoms with Gasteiger partial charge in [0.1, 0.15) is 19.0 Å². The summed E-state index contributed by atoms with van der Waals surface area (Å²) in [6.45, 7) is 6.42. The summed E-state index contributed by atoms with van der Waals surface area (Å²) in [5.41, 5.74) is 2.39. The van der Waals surface area contributed by atoms with Gasteiger partial charge in [-0.1, -0.05) is 19.9 Å². The maximum atomic E-state index is 11.8. The van der Waals surface area contributed by atoms with Gasteiger partial charge >= 0.3 is 5.97 Å². The van der Waals surface area contributed by atoms with Crippen molar-refractivity contribution in [2.75, 3.05) is 13.2 Å². The lowest BCUT2D eigenvalue weighted by molar-refractivity contribution is 0.0409. The maximum Gasteiger partial charge on any atom is 0.374 e. The second kappa shape index (κ2) is 7.71. The molecule has 1 aromatic heterocycles. The van der Waals surface area contributed by atoms with Crippen LogP contribution in [-0.4, -0.2) is 27.6 Å². The fraction of sp³-hybridized carbons (Fsp3) is 0.353.